The van der Waals surface area contributed by atoms with Crippen LogP contribution in [0.15, 0.2) is 48.0 Å². The molecule has 1 heterocycles. The highest BCUT2D eigenvalue weighted by Gasteiger charge is 2.36. The van der Waals surface area contributed by atoms with E-state index in [0.29, 0.717) is 12.0 Å². The van der Waals surface area contributed by atoms with E-state index in [0.717, 1.165) is 37.8 Å². The smallest absolute Gasteiger partial charge is 0.191 e. The van der Waals surface area contributed by atoms with E-state index in [1.807, 2.05) is 23.2 Å². The molecule has 1 aromatic carbocycles. The van der Waals surface area contributed by atoms with E-state index in [-0.39, 0.29) is 0 Å². The Morgan fingerprint density at radius 2 is 2.15 bits per heavy atom. The lowest BCUT2D eigenvalue weighted by molar-refractivity contribution is 0.0732. The number of hydrogen-bond acceptors (Lipinski definition) is 3. The number of imidazole rings is 1. The Morgan fingerprint density at radius 1 is 1.30 bits per heavy atom. The number of aliphatic imine (C=N–C) groups is 1. The van der Waals surface area contributed by atoms with Gasteiger partial charge in [-0.3, -0.25) is 0 Å². The van der Waals surface area contributed by atoms with E-state index in [9.17, 15) is 0 Å². The van der Waals surface area contributed by atoms with Crippen molar-refractivity contribution < 1.29 is 4.74 Å². The Labute approximate surface area is 162 Å². The first-order valence-corrected chi connectivity index (χ1v) is 9.84. The van der Waals surface area contributed by atoms with Crippen molar-refractivity contribution in [1.82, 2.24) is 20.2 Å². The van der Waals surface area contributed by atoms with Crippen molar-refractivity contribution in [2.45, 2.75) is 39.2 Å². The van der Waals surface area contributed by atoms with Crippen LogP contribution >= 0.6 is 0 Å². The second-order valence-corrected chi connectivity index (χ2v) is 7.24. The molecule has 6 nitrogen and oxygen atoms in total. The number of para-hydroxylation sites is 1. The van der Waals surface area contributed by atoms with Crippen molar-refractivity contribution in [3.05, 3.63) is 48.5 Å². The number of rotatable bonds is 9. The van der Waals surface area contributed by atoms with E-state index in [2.05, 4.69) is 40.7 Å². The highest BCUT2D eigenvalue weighted by molar-refractivity contribution is 5.79. The summed E-state index contributed by atoms with van der Waals surface area (Å²) in [6.45, 7) is 5.34. The van der Waals surface area contributed by atoms with E-state index in [4.69, 9.17) is 9.73 Å². The first kappa shape index (κ1) is 19.4. The number of benzene rings is 1. The van der Waals surface area contributed by atoms with Crippen LogP contribution < -0.4 is 10.6 Å². The maximum atomic E-state index is 5.30. The minimum absolute atomic E-state index is 0.362. The number of methoxy groups -OCH3 is 1. The Bertz CT molecular complexity index is 722. The third kappa shape index (κ3) is 5.10. The fourth-order valence-electron chi connectivity index (χ4n) is 3.59. The van der Waals surface area contributed by atoms with Gasteiger partial charge >= 0.3 is 0 Å². The molecule has 27 heavy (non-hydrogen) atoms. The lowest BCUT2D eigenvalue weighted by Crippen LogP contribution is -2.47. The summed E-state index contributed by atoms with van der Waals surface area (Å²) < 4.78 is 7.33. The second-order valence-electron chi connectivity index (χ2n) is 7.24. The van der Waals surface area contributed by atoms with Gasteiger partial charge in [-0.25, -0.2) is 9.98 Å². The van der Waals surface area contributed by atoms with Gasteiger partial charge in [0, 0.05) is 39.2 Å². The molecule has 0 radical (unpaired) electrons. The van der Waals surface area contributed by atoms with Crippen LogP contribution in [0.1, 0.15) is 38.2 Å². The topological polar surface area (TPSA) is 63.5 Å². The Kier molecular flexibility index (Phi) is 6.87. The maximum Gasteiger partial charge on any atom is 0.191 e. The SMILES string of the molecule is CCNC(=NCc1ccccc1-n1ccnc1)NCC1(CCOC)CCC1. The molecule has 2 aromatic rings. The number of nitrogens with zero attached hydrogens (tertiary/aromatic N) is 3. The van der Waals surface area contributed by atoms with Gasteiger partial charge in [0.25, 0.3) is 0 Å². The van der Waals surface area contributed by atoms with E-state index in [1.165, 1.54) is 24.8 Å². The van der Waals surface area contributed by atoms with Crippen LogP contribution in [0.25, 0.3) is 5.69 Å². The predicted octanol–water partition coefficient (Wildman–Crippen LogP) is 3.13. The zero-order valence-corrected chi connectivity index (χ0v) is 16.4. The van der Waals surface area contributed by atoms with Crippen LogP contribution in [0, 0.1) is 5.41 Å². The molecule has 0 atom stereocenters. The summed E-state index contributed by atoms with van der Waals surface area (Å²) in [6, 6.07) is 8.32. The minimum Gasteiger partial charge on any atom is -0.385 e. The Balaban J connectivity index is 1.66. The number of ether oxygens (including phenoxy) is 1. The standard InChI is InChI=1S/C21H31N5O/c1-3-23-20(25-16-21(9-6-10-21)11-14-27-2)24-15-18-7-4-5-8-19(18)26-13-12-22-17-26/h4-5,7-8,12-13,17H,3,6,9-11,14-16H2,1-2H3,(H2,23,24,25). The fourth-order valence-corrected chi connectivity index (χ4v) is 3.59. The van der Waals surface area contributed by atoms with Crippen LogP contribution in [0.5, 0.6) is 0 Å². The quantitative estimate of drug-likeness (QED) is 0.526. The third-order valence-corrected chi connectivity index (χ3v) is 5.41. The zero-order chi connectivity index (χ0) is 19.0. The third-order valence-electron chi connectivity index (χ3n) is 5.41. The normalized spacial score (nSPS) is 16.0. The van der Waals surface area contributed by atoms with Crippen LogP contribution in [0.4, 0.5) is 0 Å². The van der Waals surface area contributed by atoms with Crippen LogP contribution in [-0.2, 0) is 11.3 Å². The lowest BCUT2D eigenvalue weighted by atomic mass is 9.67. The number of nitrogens with one attached hydrogen (secondary N) is 2. The highest BCUT2D eigenvalue weighted by atomic mass is 16.5. The number of hydrogen-bond donors (Lipinski definition) is 2. The summed E-state index contributed by atoms with van der Waals surface area (Å²) in [6.07, 6.45) is 10.5. The molecule has 6 heteroatoms. The molecule has 0 bridgehead atoms. The van der Waals surface area contributed by atoms with Gasteiger partial charge < -0.3 is 19.9 Å². The average molecular weight is 370 g/mol. The van der Waals surface area contributed by atoms with Crippen molar-refractivity contribution in [1.29, 1.82) is 0 Å². The summed E-state index contributed by atoms with van der Waals surface area (Å²) in [5.74, 6) is 0.877. The first-order chi connectivity index (χ1) is 13.3. The van der Waals surface area contributed by atoms with Crippen molar-refractivity contribution in [2.75, 3.05) is 26.8 Å². The average Bonchev–Trinajstić information content (AvgIpc) is 3.19. The van der Waals surface area contributed by atoms with Crippen molar-refractivity contribution in [2.24, 2.45) is 10.4 Å². The summed E-state index contributed by atoms with van der Waals surface area (Å²) in [4.78, 5) is 8.98. The van der Waals surface area contributed by atoms with Gasteiger partial charge in [-0.2, -0.15) is 0 Å². The van der Waals surface area contributed by atoms with E-state index in [1.54, 1.807) is 13.3 Å². The minimum atomic E-state index is 0.362. The van der Waals surface area contributed by atoms with Crippen molar-refractivity contribution >= 4 is 5.96 Å². The molecule has 1 aliphatic rings. The van der Waals surface area contributed by atoms with Crippen LogP contribution in [0.3, 0.4) is 0 Å². The van der Waals surface area contributed by atoms with Gasteiger partial charge in [-0.15, -0.1) is 0 Å². The molecule has 0 spiro atoms. The molecule has 1 fully saturated rings. The highest BCUT2D eigenvalue weighted by Crippen LogP contribution is 2.43. The summed E-state index contributed by atoms with van der Waals surface area (Å²) in [5.41, 5.74) is 2.65. The van der Waals surface area contributed by atoms with Gasteiger partial charge in [0.05, 0.1) is 18.6 Å². The maximum absolute atomic E-state index is 5.30. The molecule has 0 aliphatic heterocycles. The monoisotopic (exact) mass is 369 g/mol. The number of guanidine groups is 1. The molecular weight excluding hydrogens is 338 g/mol. The molecule has 1 aromatic heterocycles. The summed E-state index contributed by atoms with van der Waals surface area (Å²) in [5, 5.41) is 6.93. The van der Waals surface area contributed by atoms with Gasteiger partial charge in [-0.1, -0.05) is 24.6 Å². The Morgan fingerprint density at radius 3 is 2.81 bits per heavy atom. The largest absolute Gasteiger partial charge is 0.385 e. The van der Waals surface area contributed by atoms with E-state index < -0.39 is 0 Å². The van der Waals surface area contributed by atoms with Crippen molar-refractivity contribution in [3.8, 4) is 5.69 Å². The molecule has 1 saturated carbocycles. The van der Waals surface area contributed by atoms with Crippen LogP contribution in [0.2, 0.25) is 0 Å². The van der Waals surface area contributed by atoms with Gasteiger partial charge in [0.15, 0.2) is 5.96 Å². The molecule has 1 aliphatic carbocycles. The molecule has 0 amide bonds. The first-order valence-electron chi connectivity index (χ1n) is 9.84. The molecule has 0 unspecified atom stereocenters. The summed E-state index contributed by atoms with van der Waals surface area (Å²) >= 11 is 0. The molecule has 3 rings (SSSR count). The molecule has 0 saturated heterocycles. The molecule has 2 N–H and O–H groups in total. The van der Waals surface area contributed by atoms with Gasteiger partial charge in [0.2, 0.25) is 0 Å². The van der Waals surface area contributed by atoms with E-state index >= 15 is 0 Å². The molecular formula is C21H31N5O. The lowest BCUT2D eigenvalue weighted by Gasteiger charge is -2.42. The van der Waals surface area contributed by atoms with Gasteiger partial charge in [-0.05, 0) is 43.2 Å². The molecule has 146 valence electrons. The number of aromatic nitrogens is 2. The van der Waals surface area contributed by atoms with Crippen LogP contribution in [-0.4, -0.2) is 42.3 Å². The fraction of sp³-hybridized carbons (Fsp3) is 0.524. The summed E-state index contributed by atoms with van der Waals surface area (Å²) in [7, 11) is 1.78. The second kappa shape index (κ2) is 9.55. The predicted molar refractivity (Wildman–Crippen MR) is 109 cm³/mol. The van der Waals surface area contributed by atoms with Gasteiger partial charge in [0.1, 0.15) is 0 Å². The Hall–Kier alpha value is -2.34. The van der Waals surface area contributed by atoms with Crippen molar-refractivity contribution in [3.63, 3.8) is 0 Å². The zero-order valence-electron chi connectivity index (χ0n) is 16.4.